The van der Waals surface area contributed by atoms with Gasteiger partial charge in [-0.25, -0.2) is 9.78 Å². The number of carbonyl (C=O) groups excluding carboxylic acids is 3. The topological polar surface area (TPSA) is 179 Å². The van der Waals surface area contributed by atoms with Crippen LogP contribution >= 0.6 is 0 Å². The number of amides is 3. The summed E-state index contributed by atoms with van der Waals surface area (Å²) in [5, 5.41) is 16.8. The second-order valence-corrected chi connectivity index (χ2v) is 6.86. The minimum absolute atomic E-state index is 0.0202. The predicted octanol–water partition coefficient (Wildman–Crippen LogP) is -1.48. The number of carboxylic acid groups (broad SMARTS) is 1. The van der Waals surface area contributed by atoms with E-state index >= 15 is 0 Å². The van der Waals surface area contributed by atoms with Crippen molar-refractivity contribution in [3.63, 3.8) is 0 Å². The van der Waals surface area contributed by atoms with Crippen molar-refractivity contribution in [2.45, 2.75) is 51.7 Å². The van der Waals surface area contributed by atoms with E-state index in [1.165, 1.54) is 19.4 Å². The summed E-state index contributed by atoms with van der Waals surface area (Å²) in [5.74, 6) is -2.84. The number of rotatable bonds is 11. The highest BCUT2D eigenvalue weighted by atomic mass is 16.4. The summed E-state index contributed by atoms with van der Waals surface area (Å²) in [7, 11) is 0. The first-order valence-corrected chi connectivity index (χ1v) is 8.94. The molecular formula is C17H28N6O5. The molecule has 0 saturated carbocycles. The minimum Gasteiger partial charge on any atom is -0.480 e. The SMILES string of the molecule is CC(C)CC(NC(=O)C(C)NC(=O)CN)C(=O)NC(Cc1cnc[nH]1)C(=O)O. The lowest BCUT2D eigenvalue weighted by molar-refractivity contribution is -0.142. The first kappa shape index (κ1) is 23.1. The van der Waals surface area contributed by atoms with Crippen LogP contribution in [0.1, 0.15) is 32.9 Å². The number of carbonyl (C=O) groups is 4. The van der Waals surface area contributed by atoms with Crippen LogP contribution in [0.25, 0.3) is 0 Å². The molecule has 0 aliphatic carbocycles. The van der Waals surface area contributed by atoms with Gasteiger partial charge in [0.2, 0.25) is 17.7 Å². The van der Waals surface area contributed by atoms with Crippen LogP contribution in [0, 0.1) is 5.92 Å². The maximum absolute atomic E-state index is 12.6. The van der Waals surface area contributed by atoms with E-state index in [9.17, 15) is 24.3 Å². The van der Waals surface area contributed by atoms with Gasteiger partial charge in [-0.15, -0.1) is 0 Å². The van der Waals surface area contributed by atoms with Crippen LogP contribution in [0.3, 0.4) is 0 Å². The molecule has 28 heavy (non-hydrogen) atoms. The Morgan fingerprint density at radius 2 is 1.75 bits per heavy atom. The molecule has 0 spiro atoms. The Balaban J connectivity index is 2.80. The Bertz CT molecular complexity index is 676. The maximum Gasteiger partial charge on any atom is 0.326 e. The molecule has 0 fully saturated rings. The molecule has 0 bridgehead atoms. The Labute approximate surface area is 162 Å². The summed E-state index contributed by atoms with van der Waals surface area (Å²) in [4.78, 5) is 54.3. The van der Waals surface area contributed by atoms with Crippen LogP contribution < -0.4 is 21.7 Å². The molecule has 156 valence electrons. The molecule has 1 heterocycles. The van der Waals surface area contributed by atoms with E-state index in [0.29, 0.717) is 12.1 Å². The fraction of sp³-hybridized carbons (Fsp3) is 0.588. The van der Waals surface area contributed by atoms with Gasteiger partial charge >= 0.3 is 5.97 Å². The lowest BCUT2D eigenvalue weighted by Gasteiger charge is -2.24. The third-order valence-corrected chi connectivity index (χ3v) is 3.89. The van der Waals surface area contributed by atoms with E-state index in [0.717, 1.165) is 0 Å². The summed E-state index contributed by atoms with van der Waals surface area (Å²) >= 11 is 0. The Hall–Kier alpha value is -2.95. The molecule has 11 nitrogen and oxygen atoms in total. The summed E-state index contributed by atoms with van der Waals surface area (Å²) in [6.07, 6.45) is 3.20. The van der Waals surface area contributed by atoms with Gasteiger partial charge in [-0.2, -0.15) is 0 Å². The van der Waals surface area contributed by atoms with Crippen molar-refractivity contribution in [3.8, 4) is 0 Å². The monoisotopic (exact) mass is 396 g/mol. The zero-order chi connectivity index (χ0) is 21.3. The molecule has 1 rings (SSSR count). The lowest BCUT2D eigenvalue weighted by Crippen LogP contribution is -2.56. The third kappa shape index (κ3) is 7.74. The highest BCUT2D eigenvalue weighted by Crippen LogP contribution is 2.07. The number of hydrogen-bond acceptors (Lipinski definition) is 6. The number of carboxylic acids is 1. The van der Waals surface area contributed by atoms with E-state index in [1.807, 2.05) is 13.8 Å². The van der Waals surface area contributed by atoms with E-state index in [4.69, 9.17) is 5.73 Å². The normalized spacial score (nSPS) is 14.0. The van der Waals surface area contributed by atoms with Gasteiger partial charge in [0.25, 0.3) is 0 Å². The molecule has 7 N–H and O–H groups in total. The van der Waals surface area contributed by atoms with Crippen LogP contribution in [0.4, 0.5) is 0 Å². The number of H-pyrrole nitrogens is 1. The van der Waals surface area contributed by atoms with Crippen molar-refractivity contribution in [2.24, 2.45) is 11.7 Å². The molecule has 0 aliphatic rings. The molecule has 1 aromatic rings. The van der Waals surface area contributed by atoms with Crippen molar-refractivity contribution in [1.29, 1.82) is 0 Å². The number of hydrogen-bond donors (Lipinski definition) is 6. The molecule has 0 aliphatic heterocycles. The van der Waals surface area contributed by atoms with Crippen molar-refractivity contribution in [1.82, 2.24) is 25.9 Å². The summed E-state index contributed by atoms with van der Waals surface area (Å²) in [6.45, 7) is 4.93. The Morgan fingerprint density at radius 3 is 2.25 bits per heavy atom. The number of aromatic nitrogens is 2. The van der Waals surface area contributed by atoms with E-state index in [1.54, 1.807) is 0 Å². The maximum atomic E-state index is 12.6. The van der Waals surface area contributed by atoms with Crippen molar-refractivity contribution >= 4 is 23.7 Å². The smallest absolute Gasteiger partial charge is 0.326 e. The van der Waals surface area contributed by atoms with E-state index in [2.05, 4.69) is 25.9 Å². The molecule has 11 heteroatoms. The molecule has 3 atom stereocenters. The van der Waals surface area contributed by atoms with Gasteiger partial charge in [-0.05, 0) is 19.3 Å². The molecular weight excluding hydrogens is 368 g/mol. The fourth-order valence-corrected chi connectivity index (χ4v) is 2.45. The van der Waals surface area contributed by atoms with Gasteiger partial charge in [0.05, 0.1) is 12.9 Å². The van der Waals surface area contributed by atoms with Crippen LogP contribution in [0.5, 0.6) is 0 Å². The summed E-state index contributed by atoms with van der Waals surface area (Å²) in [6, 6.07) is -3.03. The Kier molecular flexibility index (Phi) is 9.09. The number of nitrogens with zero attached hydrogens (tertiary/aromatic N) is 1. The molecule has 0 radical (unpaired) electrons. The second kappa shape index (κ2) is 11.0. The summed E-state index contributed by atoms with van der Waals surface area (Å²) in [5.41, 5.74) is 5.76. The van der Waals surface area contributed by atoms with E-state index < -0.39 is 41.8 Å². The highest BCUT2D eigenvalue weighted by molar-refractivity contribution is 5.93. The van der Waals surface area contributed by atoms with Crippen LogP contribution in [-0.2, 0) is 25.6 Å². The molecule has 3 amide bonds. The fourth-order valence-electron chi connectivity index (χ4n) is 2.45. The Morgan fingerprint density at radius 1 is 1.11 bits per heavy atom. The van der Waals surface area contributed by atoms with Crippen molar-refractivity contribution in [3.05, 3.63) is 18.2 Å². The van der Waals surface area contributed by atoms with Gasteiger partial charge in [0.1, 0.15) is 18.1 Å². The zero-order valence-electron chi connectivity index (χ0n) is 16.2. The zero-order valence-corrected chi connectivity index (χ0v) is 16.2. The predicted molar refractivity (Wildman–Crippen MR) is 99.9 cm³/mol. The minimum atomic E-state index is -1.21. The van der Waals surface area contributed by atoms with Gasteiger partial charge in [0.15, 0.2) is 0 Å². The average molecular weight is 396 g/mol. The molecule has 1 aromatic heterocycles. The average Bonchev–Trinajstić information content (AvgIpc) is 3.12. The van der Waals surface area contributed by atoms with Gasteiger partial charge in [-0.3, -0.25) is 14.4 Å². The van der Waals surface area contributed by atoms with Crippen LogP contribution in [0.15, 0.2) is 12.5 Å². The van der Waals surface area contributed by atoms with Gasteiger partial charge in [-0.1, -0.05) is 13.8 Å². The number of aromatic amines is 1. The number of aliphatic carboxylic acids is 1. The second-order valence-electron chi connectivity index (χ2n) is 6.86. The van der Waals surface area contributed by atoms with Crippen LogP contribution in [-0.4, -0.2) is 63.4 Å². The van der Waals surface area contributed by atoms with Crippen molar-refractivity contribution in [2.75, 3.05) is 6.54 Å². The third-order valence-electron chi connectivity index (χ3n) is 3.89. The van der Waals surface area contributed by atoms with Crippen LogP contribution in [0.2, 0.25) is 0 Å². The summed E-state index contributed by atoms with van der Waals surface area (Å²) < 4.78 is 0. The van der Waals surface area contributed by atoms with E-state index in [-0.39, 0.29) is 18.9 Å². The molecule has 0 saturated heterocycles. The highest BCUT2D eigenvalue weighted by Gasteiger charge is 2.29. The first-order chi connectivity index (χ1) is 13.1. The van der Waals surface area contributed by atoms with Crippen molar-refractivity contribution < 1.29 is 24.3 Å². The largest absolute Gasteiger partial charge is 0.480 e. The first-order valence-electron chi connectivity index (χ1n) is 8.94. The number of nitrogens with two attached hydrogens (primary N) is 1. The number of nitrogens with one attached hydrogen (secondary N) is 4. The van der Waals surface area contributed by atoms with Gasteiger partial charge < -0.3 is 31.8 Å². The molecule has 3 unspecified atom stereocenters. The number of imidazole rings is 1. The molecule has 0 aromatic carbocycles. The van der Waals surface area contributed by atoms with Gasteiger partial charge in [0, 0.05) is 18.3 Å². The standard InChI is InChI=1S/C17H28N6O5/c1-9(2)4-12(22-15(25)10(3)21-14(24)6-18)16(26)23-13(17(27)28)5-11-7-19-8-20-11/h7-10,12-13H,4-6,18H2,1-3H3,(H,19,20)(H,21,24)(H,22,25)(H,23,26)(H,27,28). The quantitative estimate of drug-likeness (QED) is 0.264. The lowest BCUT2D eigenvalue weighted by atomic mass is 10.0.